The quantitative estimate of drug-likeness (QED) is 0.560. The second kappa shape index (κ2) is 3.94. The van der Waals surface area contributed by atoms with E-state index in [-0.39, 0.29) is 16.6 Å². The highest BCUT2D eigenvalue weighted by molar-refractivity contribution is 6.28. The highest BCUT2D eigenvalue weighted by Crippen LogP contribution is 2.26. The third-order valence-corrected chi connectivity index (χ3v) is 2.77. The molecule has 1 saturated heterocycles. The third-order valence-electron chi connectivity index (χ3n) is 2.29. The summed E-state index contributed by atoms with van der Waals surface area (Å²) in [6.07, 6.45) is 1.92. The molecular weight excluding hydrogens is 237 g/mol. The lowest BCUT2D eigenvalue weighted by atomic mass is 10.3. The summed E-state index contributed by atoms with van der Waals surface area (Å²) in [6.45, 7) is 2.30. The van der Waals surface area contributed by atoms with E-state index < -0.39 is 0 Å². The molecule has 15 heavy (non-hydrogen) atoms. The number of halogens is 2. The van der Waals surface area contributed by atoms with Crippen molar-refractivity contribution in [2.75, 3.05) is 11.4 Å². The van der Waals surface area contributed by atoms with Crippen molar-refractivity contribution in [3.63, 3.8) is 0 Å². The molecule has 1 aliphatic heterocycles. The fourth-order valence-corrected chi connectivity index (χ4v) is 2.04. The van der Waals surface area contributed by atoms with E-state index >= 15 is 0 Å². The minimum absolute atomic E-state index is 0.00372. The molecule has 2 heterocycles. The lowest BCUT2D eigenvalue weighted by molar-refractivity contribution is -0.117. The number of carbonyl (C=O) groups excluding carboxylic acids is 1. The Morgan fingerprint density at radius 1 is 1.60 bits per heavy atom. The summed E-state index contributed by atoms with van der Waals surface area (Å²) < 4.78 is 0. The maximum Gasteiger partial charge on any atom is 0.228 e. The van der Waals surface area contributed by atoms with E-state index in [1.807, 2.05) is 0 Å². The molecule has 0 bridgehead atoms. The molecule has 1 atom stereocenters. The molecular formula is C9H9Cl2N3O. The second-order valence-corrected chi connectivity index (χ2v) is 4.37. The molecule has 80 valence electrons. The van der Waals surface area contributed by atoms with E-state index in [9.17, 15) is 4.79 Å². The maximum absolute atomic E-state index is 11.6. The predicted molar refractivity (Wildman–Crippen MR) is 58.4 cm³/mol. The first-order valence-electron chi connectivity index (χ1n) is 4.51. The molecule has 6 heteroatoms. The van der Waals surface area contributed by atoms with Crippen LogP contribution < -0.4 is 4.90 Å². The zero-order valence-electron chi connectivity index (χ0n) is 8.07. The first-order chi connectivity index (χ1) is 7.08. The number of alkyl halides is 1. The van der Waals surface area contributed by atoms with E-state index in [4.69, 9.17) is 23.2 Å². The van der Waals surface area contributed by atoms with Gasteiger partial charge in [-0.2, -0.15) is 0 Å². The number of anilines is 1. The summed E-state index contributed by atoms with van der Waals surface area (Å²) in [6, 6.07) is 0. The van der Waals surface area contributed by atoms with Gasteiger partial charge < -0.3 is 4.90 Å². The second-order valence-electron chi connectivity index (χ2n) is 3.42. The van der Waals surface area contributed by atoms with Crippen LogP contribution in [0.2, 0.25) is 5.28 Å². The van der Waals surface area contributed by atoms with E-state index in [2.05, 4.69) is 9.97 Å². The number of aryl methyl sites for hydroxylation is 1. The van der Waals surface area contributed by atoms with Gasteiger partial charge in [-0.15, -0.1) is 11.6 Å². The number of aromatic nitrogens is 2. The number of carbonyl (C=O) groups is 1. The van der Waals surface area contributed by atoms with Gasteiger partial charge in [-0.3, -0.25) is 4.79 Å². The van der Waals surface area contributed by atoms with Gasteiger partial charge in [0, 0.05) is 13.0 Å². The van der Waals surface area contributed by atoms with E-state index in [0.29, 0.717) is 24.3 Å². The van der Waals surface area contributed by atoms with Gasteiger partial charge in [0.25, 0.3) is 0 Å². The summed E-state index contributed by atoms with van der Waals surface area (Å²) in [5.41, 5.74) is 1.38. The van der Waals surface area contributed by atoms with Crippen LogP contribution in [-0.4, -0.2) is 27.8 Å². The number of hydrogen-bond acceptors (Lipinski definition) is 3. The van der Waals surface area contributed by atoms with Crippen LogP contribution in [0.3, 0.4) is 0 Å². The molecule has 2 rings (SSSR count). The minimum Gasteiger partial charge on any atom is -0.308 e. The van der Waals surface area contributed by atoms with Crippen LogP contribution in [0.5, 0.6) is 0 Å². The molecule has 0 N–H and O–H groups in total. The van der Waals surface area contributed by atoms with Crippen molar-refractivity contribution < 1.29 is 4.79 Å². The average Bonchev–Trinajstić information content (AvgIpc) is 2.45. The molecule has 0 aliphatic carbocycles. The Hall–Kier alpha value is -0.870. The van der Waals surface area contributed by atoms with Crippen molar-refractivity contribution in [3.8, 4) is 0 Å². The number of amides is 1. The highest BCUT2D eigenvalue weighted by Gasteiger charge is 2.30. The Morgan fingerprint density at radius 3 is 2.87 bits per heavy atom. The summed E-state index contributed by atoms with van der Waals surface area (Å²) in [4.78, 5) is 21.0. The van der Waals surface area contributed by atoms with Crippen molar-refractivity contribution in [2.45, 2.75) is 18.7 Å². The van der Waals surface area contributed by atoms with Crippen LogP contribution in [0, 0.1) is 6.92 Å². The van der Waals surface area contributed by atoms with Gasteiger partial charge in [-0.25, -0.2) is 9.97 Å². The molecule has 1 amide bonds. The van der Waals surface area contributed by atoms with Gasteiger partial charge in [0.05, 0.1) is 23.0 Å². The molecule has 1 unspecified atom stereocenters. The lowest BCUT2D eigenvalue weighted by Gasteiger charge is -2.16. The largest absolute Gasteiger partial charge is 0.308 e. The molecule has 0 radical (unpaired) electrons. The van der Waals surface area contributed by atoms with E-state index in [0.717, 1.165) is 0 Å². The predicted octanol–water partition coefficient (Wildman–Crippen LogP) is 1.78. The molecule has 4 nitrogen and oxygen atoms in total. The molecule has 0 aromatic carbocycles. The van der Waals surface area contributed by atoms with Crippen molar-refractivity contribution in [1.29, 1.82) is 0 Å². The first-order valence-corrected chi connectivity index (χ1v) is 5.33. The van der Waals surface area contributed by atoms with Crippen molar-refractivity contribution in [2.24, 2.45) is 0 Å². The smallest absolute Gasteiger partial charge is 0.228 e. The number of nitrogens with zero attached hydrogens (tertiary/aromatic N) is 3. The van der Waals surface area contributed by atoms with Crippen LogP contribution in [0.4, 0.5) is 5.69 Å². The van der Waals surface area contributed by atoms with Gasteiger partial charge in [0.1, 0.15) is 0 Å². The summed E-state index contributed by atoms with van der Waals surface area (Å²) >= 11 is 11.5. The molecule has 0 saturated carbocycles. The topological polar surface area (TPSA) is 46.1 Å². The van der Waals surface area contributed by atoms with Crippen LogP contribution in [-0.2, 0) is 4.79 Å². The summed E-state index contributed by atoms with van der Waals surface area (Å²) in [7, 11) is 0. The van der Waals surface area contributed by atoms with Gasteiger partial charge in [-0.1, -0.05) is 0 Å². The number of hydrogen-bond donors (Lipinski definition) is 0. The van der Waals surface area contributed by atoms with Crippen molar-refractivity contribution in [3.05, 3.63) is 17.2 Å². The Bertz CT molecular complexity index is 410. The number of rotatable bonds is 1. The Kier molecular flexibility index (Phi) is 2.80. The molecule has 1 aromatic heterocycles. The SMILES string of the molecule is Cc1nc(Cl)ncc1N1CC(Cl)CC1=O. The highest BCUT2D eigenvalue weighted by atomic mass is 35.5. The van der Waals surface area contributed by atoms with Crippen LogP contribution in [0.15, 0.2) is 6.20 Å². The first kappa shape index (κ1) is 10.6. The van der Waals surface area contributed by atoms with E-state index in [1.54, 1.807) is 18.0 Å². The summed E-state index contributed by atoms with van der Waals surface area (Å²) in [5.74, 6) is 0.00372. The normalized spacial score (nSPS) is 21.1. The minimum atomic E-state index is -0.132. The standard InChI is InChI=1S/C9H9Cl2N3O/c1-5-7(3-12-9(11)13-5)14-4-6(10)2-8(14)15/h3,6H,2,4H2,1H3. The molecule has 1 aliphatic rings. The zero-order chi connectivity index (χ0) is 11.0. The van der Waals surface area contributed by atoms with Gasteiger partial charge >= 0.3 is 0 Å². The van der Waals surface area contributed by atoms with Gasteiger partial charge in [0.15, 0.2) is 0 Å². The summed E-state index contributed by atoms with van der Waals surface area (Å²) in [5, 5.41) is 0.0536. The van der Waals surface area contributed by atoms with Gasteiger partial charge in [0.2, 0.25) is 11.2 Å². The van der Waals surface area contributed by atoms with Crippen LogP contribution in [0.1, 0.15) is 12.1 Å². The Labute approximate surface area is 97.2 Å². The lowest BCUT2D eigenvalue weighted by Crippen LogP contribution is -2.25. The fraction of sp³-hybridized carbons (Fsp3) is 0.444. The van der Waals surface area contributed by atoms with Crippen molar-refractivity contribution >= 4 is 34.8 Å². The van der Waals surface area contributed by atoms with Crippen molar-refractivity contribution in [1.82, 2.24) is 9.97 Å². The monoisotopic (exact) mass is 245 g/mol. The Balaban J connectivity index is 2.34. The molecule has 1 fully saturated rings. The van der Waals surface area contributed by atoms with E-state index in [1.165, 1.54) is 0 Å². The third kappa shape index (κ3) is 2.06. The van der Waals surface area contributed by atoms with Crippen LogP contribution in [0.25, 0.3) is 0 Å². The zero-order valence-corrected chi connectivity index (χ0v) is 9.59. The van der Waals surface area contributed by atoms with Gasteiger partial charge in [-0.05, 0) is 18.5 Å². The Morgan fingerprint density at radius 2 is 2.33 bits per heavy atom. The molecule has 1 aromatic rings. The average molecular weight is 246 g/mol. The fourth-order valence-electron chi connectivity index (χ4n) is 1.59. The van der Waals surface area contributed by atoms with Crippen LogP contribution >= 0.6 is 23.2 Å². The molecule has 0 spiro atoms. The maximum atomic E-state index is 11.6.